The molecule has 0 bridgehead atoms. The van der Waals surface area contributed by atoms with Gasteiger partial charge in [-0.05, 0) is 36.4 Å². The molecule has 1 aromatic rings. The SMILES string of the molecule is CCC1CCN(c2ncc(CNCC(C)C)cc2Cl)C1. The maximum absolute atomic E-state index is 6.41. The van der Waals surface area contributed by atoms with Crippen LogP contribution in [0, 0.1) is 11.8 Å². The van der Waals surface area contributed by atoms with Gasteiger partial charge in [0, 0.05) is 25.8 Å². The molecule has 20 heavy (non-hydrogen) atoms. The lowest BCUT2D eigenvalue weighted by Crippen LogP contribution is -2.22. The molecule has 1 aliphatic rings. The summed E-state index contributed by atoms with van der Waals surface area (Å²) < 4.78 is 0. The molecule has 2 heterocycles. The Morgan fingerprint density at radius 1 is 1.50 bits per heavy atom. The Labute approximate surface area is 127 Å². The van der Waals surface area contributed by atoms with E-state index >= 15 is 0 Å². The molecule has 1 atom stereocenters. The highest BCUT2D eigenvalue weighted by Crippen LogP contribution is 2.29. The smallest absolute Gasteiger partial charge is 0.147 e. The maximum Gasteiger partial charge on any atom is 0.147 e. The van der Waals surface area contributed by atoms with Crippen molar-refractivity contribution in [1.82, 2.24) is 10.3 Å². The van der Waals surface area contributed by atoms with Gasteiger partial charge < -0.3 is 10.2 Å². The Kier molecular flexibility index (Phi) is 5.67. The average Bonchev–Trinajstić information content (AvgIpc) is 2.87. The van der Waals surface area contributed by atoms with E-state index in [1.54, 1.807) is 0 Å². The molecule has 1 aromatic heterocycles. The summed E-state index contributed by atoms with van der Waals surface area (Å²) in [5.41, 5.74) is 1.16. The second-order valence-corrected chi connectivity index (χ2v) is 6.59. The third kappa shape index (κ3) is 4.10. The Morgan fingerprint density at radius 3 is 2.90 bits per heavy atom. The lowest BCUT2D eigenvalue weighted by atomic mass is 10.1. The van der Waals surface area contributed by atoms with Crippen LogP contribution in [-0.2, 0) is 6.54 Å². The van der Waals surface area contributed by atoms with Crippen LogP contribution in [0.15, 0.2) is 12.3 Å². The van der Waals surface area contributed by atoms with Crippen LogP contribution >= 0.6 is 11.6 Å². The molecule has 4 heteroatoms. The minimum Gasteiger partial charge on any atom is -0.355 e. The second kappa shape index (κ2) is 7.28. The molecule has 0 radical (unpaired) electrons. The Bertz CT molecular complexity index is 434. The largest absolute Gasteiger partial charge is 0.355 e. The third-order valence-electron chi connectivity index (χ3n) is 3.92. The standard InChI is InChI=1S/C16H26ClN3/c1-4-13-5-6-20(11-13)16-15(17)7-14(10-19-16)9-18-8-12(2)3/h7,10,12-13,18H,4-6,8-9,11H2,1-3H3. The quantitative estimate of drug-likeness (QED) is 0.867. The normalized spacial score (nSPS) is 19.1. The van der Waals surface area contributed by atoms with Crippen LogP contribution in [0.25, 0.3) is 0 Å². The number of hydrogen-bond donors (Lipinski definition) is 1. The van der Waals surface area contributed by atoms with Gasteiger partial charge in [0.2, 0.25) is 0 Å². The summed E-state index contributed by atoms with van der Waals surface area (Å²) in [6.07, 6.45) is 4.45. The van der Waals surface area contributed by atoms with Crippen LogP contribution in [-0.4, -0.2) is 24.6 Å². The van der Waals surface area contributed by atoms with E-state index in [1.165, 1.54) is 12.8 Å². The van der Waals surface area contributed by atoms with Crippen molar-refractivity contribution in [1.29, 1.82) is 0 Å². The Balaban J connectivity index is 1.96. The number of aromatic nitrogens is 1. The minimum absolute atomic E-state index is 0.660. The fourth-order valence-electron chi connectivity index (χ4n) is 2.66. The van der Waals surface area contributed by atoms with Crippen molar-refractivity contribution in [2.45, 2.75) is 40.2 Å². The van der Waals surface area contributed by atoms with Gasteiger partial charge in [-0.15, -0.1) is 0 Å². The molecule has 1 aliphatic heterocycles. The van der Waals surface area contributed by atoms with Gasteiger partial charge >= 0.3 is 0 Å². The molecule has 0 aromatic carbocycles. The monoisotopic (exact) mass is 295 g/mol. The van der Waals surface area contributed by atoms with Gasteiger partial charge in [-0.25, -0.2) is 4.98 Å². The molecular weight excluding hydrogens is 270 g/mol. The van der Waals surface area contributed by atoms with Crippen molar-refractivity contribution in [3.8, 4) is 0 Å². The van der Waals surface area contributed by atoms with E-state index in [0.717, 1.165) is 48.5 Å². The van der Waals surface area contributed by atoms with E-state index in [0.29, 0.717) is 5.92 Å². The second-order valence-electron chi connectivity index (χ2n) is 6.18. The minimum atomic E-state index is 0.660. The number of nitrogens with one attached hydrogen (secondary N) is 1. The van der Waals surface area contributed by atoms with E-state index in [1.807, 2.05) is 6.20 Å². The number of pyridine rings is 1. The zero-order valence-electron chi connectivity index (χ0n) is 12.8. The summed E-state index contributed by atoms with van der Waals surface area (Å²) in [6.45, 7) is 10.7. The molecule has 3 nitrogen and oxygen atoms in total. The zero-order valence-corrected chi connectivity index (χ0v) is 13.6. The van der Waals surface area contributed by atoms with Gasteiger partial charge in [0.15, 0.2) is 0 Å². The van der Waals surface area contributed by atoms with Crippen LogP contribution < -0.4 is 10.2 Å². The van der Waals surface area contributed by atoms with Crippen molar-refractivity contribution >= 4 is 17.4 Å². The summed E-state index contributed by atoms with van der Waals surface area (Å²) in [5, 5.41) is 4.20. The third-order valence-corrected chi connectivity index (χ3v) is 4.20. The highest BCUT2D eigenvalue weighted by molar-refractivity contribution is 6.33. The fraction of sp³-hybridized carbons (Fsp3) is 0.688. The summed E-state index contributed by atoms with van der Waals surface area (Å²) in [5.74, 6) is 2.41. The van der Waals surface area contributed by atoms with Gasteiger partial charge in [-0.1, -0.05) is 38.8 Å². The molecule has 0 aliphatic carbocycles. The molecule has 0 spiro atoms. The summed E-state index contributed by atoms with van der Waals surface area (Å²) in [7, 11) is 0. The number of hydrogen-bond acceptors (Lipinski definition) is 3. The van der Waals surface area contributed by atoms with Crippen molar-refractivity contribution < 1.29 is 0 Å². The van der Waals surface area contributed by atoms with Gasteiger partial charge in [-0.3, -0.25) is 0 Å². The van der Waals surface area contributed by atoms with Crippen LogP contribution in [0.4, 0.5) is 5.82 Å². The summed E-state index contributed by atoms with van der Waals surface area (Å²) >= 11 is 6.41. The van der Waals surface area contributed by atoms with E-state index in [4.69, 9.17) is 11.6 Å². The van der Waals surface area contributed by atoms with Crippen LogP contribution in [0.5, 0.6) is 0 Å². The topological polar surface area (TPSA) is 28.2 Å². The predicted octanol–water partition coefficient (Wildman–Crippen LogP) is 3.72. The lowest BCUT2D eigenvalue weighted by Gasteiger charge is -2.19. The first kappa shape index (κ1) is 15.6. The number of anilines is 1. The summed E-state index contributed by atoms with van der Waals surface area (Å²) in [6, 6.07) is 2.05. The van der Waals surface area contributed by atoms with Crippen LogP contribution in [0.2, 0.25) is 5.02 Å². The van der Waals surface area contributed by atoms with Crippen LogP contribution in [0.3, 0.4) is 0 Å². The van der Waals surface area contributed by atoms with Gasteiger partial charge in [0.05, 0.1) is 5.02 Å². The predicted molar refractivity (Wildman–Crippen MR) is 86.4 cm³/mol. The van der Waals surface area contributed by atoms with Crippen LogP contribution in [0.1, 0.15) is 39.2 Å². The number of rotatable bonds is 6. The van der Waals surface area contributed by atoms with Gasteiger partial charge in [0.25, 0.3) is 0 Å². The molecule has 2 rings (SSSR count). The lowest BCUT2D eigenvalue weighted by molar-refractivity contribution is 0.552. The Morgan fingerprint density at radius 2 is 2.30 bits per heavy atom. The zero-order chi connectivity index (χ0) is 14.5. The van der Waals surface area contributed by atoms with Crippen molar-refractivity contribution in [2.75, 3.05) is 24.5 Å². The van der Waals surface area contributed by atoms with Gasteiger partial charge in [0.1, 0.15) is 5.82 Å². The Hall–Kier alpha value is -0.800. The highest BCUT2D eigenvalue weighted by atomic mass is 35.5. The maximum atomic E-state index is 6.41. The first-order chi connectivity index (χ1) is 9.60. The molecule has 0 amide bonds. The van der Waals surface area contributed by atoms with Gasteiger partial charge in [-0.2, -0.15) is 0 Å². The van der Waals surface area contributed by atoms with Crippen molar-refractivity contribution in [3.63, 3.8) is 0 Å². The molecule has 1 fully saturated rings. The summed E-state index contributed by atoms with van der Waals surface area (Å²) in [4.78, 5) is 6.90. The van der Waals surface area contributed by atoms with Crippen molar-refractivity contribution in [2.24, 2.45) is 11.8 Å². The molecule has 0 saturated carbocycles. The van der Waals surface area contributed by atoms with E-state index < -0.39 is 0 Å². The average molecular weight is 296 g/mol. The van der Waals surface area contributed by atoms with E-state index in [9.17, 15) is 0 Å². The first-order valence-corrected chi connectivity index (χ1v) is 8.08. The molecule has 112 valence electrons. The number of nitrogens with zero attached hydrogens (tertiary/aromatic N) is 2. The fourth-order valence-corrected chi connectivity index (χ4v) is 2.97. The van der Waals surface area contributed by atoms with Crippen molar-refractivity contribution in [3.05, 3.63) is 22.8 Å². The van der Waals surface area contributed by atoms with E-state index in [-0.39, 0.29) is 0 Å². The molecular formula is C16H26ClN3. The number of halogens is 1. The van der Waals surface area contributed by atoms with E-state index in [2.05, 4.69) is 42.0 Å². The highest BCUT2D eigenvalue weighted by Gasteiger charge is 2.23. The molecule has 1 unspecified atom stereocenters. The molecule has 1 N–H and O–H groups in total. The molecule has 1 saturated heterocycles. The first-order valence-electron chi connectivity index (χ1n) is 7.70.